The van der Waals surface area contributed by atoms with Crippen molar-refractivity contribution in [2.75, 3.05) is 0 Å². The average Bonchev–Trinajstić information content (AvgIpc) is 3.83. The summed E-state index contributed by atoms with van der Waals surface area (Å²) >= 11 is 2.80. The minimum atomic E-state index is -4.33. The molecule has 4 aromatic heterocycles. The van der Waals surface area contributed by atoms with Gasteiger partial charge < -0.3 is 0 Å². The molecule has 6 aromatic rings. The highest BCUT2D eigenvalue weighted by molar-refractivity contribution is 7.88. The predicted molar refractivity (Wildman–Crippen MR) is 179 cm³/mol. The number of Topliss-reactive ketones (excluding diaryl/α,β-unsaturated/α-hetero) is 1. The van der Waals surface area contributed by atoms with Gasteiger partial charge in [0, 0.05) is 11.1 Å². The van der Waals surface area contributed by atoms with Crippen molar-refractivity contribution in [2.45, 2.75) is 55.8 Å². The fraction of sp³-hybridized carbons (Fsp3) is 0.229. The Hall–Kier alpha value is -4.16. The summed E-state index contributed by atoms with van der Waals surface area (Å²) in [7, 11) is -4.33. The Bertz CT molecular complexity index is 2210. The van der Waals surface area contributed by atoms with E-state index in [0.717, 1.165) is 79.6 Å². The number of carbonyl (C=O) groups excluding carboxylic acids is 1. The number of nitrogens with zero attached hydrogens (tertiary/aromatic N) is 4. The summed E-state index contributed by atoms with van der Waals surface area (Å²) in [6.45, 7) is 1.12. The molecule has 2 aliphatic carbocycles. The number of aryl methyl sites for hydroxylation is 2. The number of ketones is 1. The molecule has 46 heavy (non-hydrogen) atoms. The molecule has 0 unspecified atom stereocenters. The Balaban J connectivity index is 1.13. The second-order valence-corrected chi connectivity index (χ2v) is 15.5. The van der Waals surface area contributed by atoms with E-state index in [2.05, 4.69) is 28.3 Å². The van der Waals surface area contributed by atoms with Gasteiger partial charge in [-0.1, -0.05) is 60.7 Å². The molecule has 0 bridgehead atoms. The van der Waals surface area contributed by atoms with Crippen LogP contribution in [-0.4, -0.2) is 38.3 Å². The SMILES string of the molecule is O=C(Cc1nn(Cc2ccccc2)c2c1CCc1ccsc1-2)Cc1nn(Cc2ccccc2)c2c1CCc1cc(S(=O)(=O)O)sc1-2. The largest absolute Gasteiger partial charge is 0.304 e. The van der Waals surface area contributed by atoms with Crippen LogP contribution in [0.1, 0.15) is 44.8 Å². The molecule has 8 rings (SSSR count). The van der Waals surface area contributed by atoms with Crippen molar-refractivity contribution in [3.63, 3.8) is 0 Å². The Labute approximate surface area is 274 Å². The van der Waals surface area contributed by atoms with E-state index < -0.39 is 10.1 Å². The number of aromatic nitrogens is 4. The fourth-order valence-electron chi connectivity index (χ4n) is 6.77. The van der Waals surface area contributed by atoms with Gasteiger partial charge in [0.15, 0.2) is 0 Å². The molecule has 0 atom stereocenters. The van der Waals surface area contributed by atoms with Gasteiger partial charge in [-0.15, -0.1) is 22.7 Å². The first-order valence-corrected chi connectivity index (χ1v) is 18.4. The van der Waals surface area contributed by atoms with Gasteiger partial charge in [0.25, 0.3) is 0 Å². The monoisotopic (exact) mass is 666 g/mol. The van der Waals surface area contributed by atoms with E-state index >= 15 is 0 Å². The lowest BCUT2D eigenvalue weighted by Gasteiger charge is -2.15. The highest BCUT2D eigenvalue weighted by Gasteiger charge is 2.31. The van der Waals surface area contributed by atoms with E-state index in [-0.39, 0.29) is 22.8 Å². The maximum absolute atomic E-state index is 13.9. The normalized spacial score (nSPS) is 13.6. The second kappa shape index (κ2) is 11.6. The number of benzene rings is 2. The number of carbonyl (C=O) groups is 1. The van der Waals surface area contributed by atoms with E-state index in [4.69, 9.17) is 10.2 Å². The summed E-state index contributed by atoms with van der Waals surface area (Å²) in [6.07, 6.45) is 3.45. The second-order valence-electron chi connectivity index (χ2n) is 11.9. The molecule has 4 heterocycles. The lowest BCUT2D eigenvalue weighted by atomic mass is 9.91. The van der Waals surface area contributed by atoms with Crippen molar-refractivity contribution >= 4 is 38.6 Å². The van der Waals surface area contributed by atoms with Crippen molar-refractivity contribution < 1.29 is 17.8 Å². The summed E-state index contributed by atoms with van der Waals surface area (Å²) in [5.74, 6) is 0.0481. The number of thiophene rings is 2. The average molecular weight is 667 g/mol. The molecular weight excluding hydrogens is 637 g/mol. The van der Waals surface area contributed by atoms with Gasteiger partial charge in [-0.25, -0.2) is 0 Å². The topological polar surface area (TPSA) is 107 Å². The zero-order chi connectivity index (χ0) is 31.4. The van der Waals surface area contributed by atoms with E-state index in [1.807, 2.05) is 53.2 Å². The summed E-state index contributed by atoms with van der Waals surface area (Å²) in [5, 5.41) is 12.2. The van der Waals surface area contributed by atoms with Crippen LogP contribution in [-0.2, 0) is 66.5 Å². The number of hydrogen-bond donors (Lipinski definition) is 1. The molecule has 0 amide bonds. The lowest BCUT2D eigenvalue weighted by molar-refractivity contribution is -0.117. The van der Waals surface area contributed by atoms with Crippen molar-refractivity contribution in [1.82, 2.24) is 19.6 Å². The van der Waals surface area contributed by atoms with Crippen LogP contribution in [0.25, 0.3) is 21.1 Å². The molecule has 0 saturated carbocycles. The smallest absolute Gasteiger partial charge is 0.299 e. The molecular formula is C35H30N4O4S3. The van der Waals surface area contributed by atoms with Crippen molar-refractivity contribution in [2.24, 2.45) is 0 Å². The van der Waals surface area contributed by atoms with Crippen LogP contribution in [0.15, 0.2) is 82.4 Å². The predicted octanol–water partition coefficient (Wildman–Crippen LogP) is 6.43. The Morgan fingerprint density at radius 1 is 0.739 bits per heavy atom. The van der Waals surface area contributed by atoms with Gasteiger partial charge >= 0.3 is 10.1 Å². The summed E-state index contributed by atoms with van der Waals surface area (Å²) in [6, 6.07) is 24.0. The molecule has 8 nitrogen and oxygen atoms in total. The first-order valence-electron chi connectivity index (χ1n) is 15.3. The van der Waals surface area contributed by atoms with Crippen LogP contribution in [0, 0.1) is 0 Å². The van der Waals surface area contributed by atoms with Crippen molar-refractivity contribution in [1.29, 1.82) is 0 Å². The van der Waals surface area contributed by atoms with Gasteiger partial charge in [-0.05, 0) is 65.4 Å². The number of fused-ring (bicyclic) bond motifs is 6. The summed E-state index contributed by atoms with van der Waals surface area (Å²) in [5.41, 5.74) is 10.1. The number of rotatable bonds is 9. The van der Waals surface area contributed by atoms with E-state index in [9.17, 15) is 17.8 Å². The van der Waals surface area contributed by atoms with E-state index in [1.165, 1.54) is 10.4 Å². The third-order valence-corrected chi connectivity index (χ3v) is 12.3. The van der Waals surface area contributed by atoms with E-state index in [0.29, 0.717) is 25.9 Å². The molecule has 0 aliphatic heterocycles. The van der Waals surface area contributed by atoms with Gasteiger partial charge in [0.1, 0.15) is 9.99 Å². The quantitative estimate of drug-likeness (QED) is 0.178. The van der Waals surface area contributed by atoms with Crippen LogP contribution in [0.2, 0.25) is 0 Å². The maximum Gasteiger partial charge on any atom is 0.304 e. The highest BCUT2D eigenvalue weighted by Crippen LogP contribution is 2.43. The van der Waals surface area contributed by atoms with Gasteiger partial charge in [-0.3, -0.25) is 18.7 Å². The molecule has 232 valence electrons. The molecule has 0 spiro atoms. The molecule has 1 N–H and O–H groups in total. The minimum Gasteiger partial charge on any atom is -0.299 e. The standard InChI is InChI=1S/C35H30N4O4S3/c40-26(18-29-27-13-11-24-15-16-44-34(24)32(27)38(36-29)20-22-7-3-1-4-8-22)19-30-28-14-12-25-17-31(46(41,42)43)45-35(25)33(28)39(37-30)21-23-9-5-2-6-10-23/h1-10,15-17H,11-14,18-21H2,(H,41,42,43). The zero-order valence-electron chi connectivity index (χ0n) is 24.8. The van der Waals surface area contributed by atoms with Crippen LogP contribution >= 0.6 is 22.7 Å². The Kier molecular flexibility index (Phi) is 7.36. The van der Waals surface area contributed by atoms with Crippen LogP contribution < -0.4 is 0 Å². The van der Waals surface area contributed by atoms with Crippen molar-refractivity contribution in [3.05, 3.63) is 123 Å². The minimum absolute atomic E-state index is 0.0481. The van der Waals surface area contributed by atoms with Gasteiger partial charge in [0.05, 0.1) is 58.5 Å². The maximum atomic E-state index is 13.9. The van der Waals surface area contributed by atoms with Gasteiger partial charge in [0.2, 0.25) is 0 Å². The third kappa shape index (κ3) is 5.37. The number of hydrogen-bond acceptors (Lipinski definition) is 7. The zero-order valence-corrected chi connectivity index (χ0v) is 27.3. The lowest BCUT2D eigenvalue weighted by Crippen LogP contribution is -2.12. The first-order chi connectivity index (χ1) is 22.3. The van der Waals surface area contributed by atoms with Gasteiger partial charge in [-0.2, -0.15) is 18.6 Å². The summed E-state index contributed by atoms with van der Waals surface area (Å²) < 4.78 is 37.7. The molecule has 2 aliphatic rings. The van der Waals surface area contributed by atoms with E-state index in [1.54, 1.807) is 17.4 Å². The Morgan fingerprint density at radius 2 is 1.28 bits per heavy atom. The molecule has 0 fully saturated rings. The summed E-state index contributed by atoms with van der Waals surface area (Å²) in [4.78, 5) is 15.9. The Morgan fingerprint density at radius 3 is 1.85 bits per heavy atom. The highest BCUT2D eigenvalue weighted by atomic mass is 32.3. The van der Waals surface area contributed by atoms with Crippen molar-refractivity contribution in [3.8, 4) is 21.1 Å². The first kappa shape index (κ1) is 29.3. The van der Waals surface area contributed by atoms with Crippen LogP contribution in [0.5, 0.6) is 0 Å². The molecule has 0 saturated heterocycles. The molecule has 11 heteroatoms. The van der Waals surface area contributed by atoms with Crippen LogP contribution in [0.3, 0.4) is 0 Å². The van der Waals surface area contributed by atoms with Crippen LogP contribution in [0.4, 0.5) is 0 Å². The fourth-order valence-corrected chi connectivity index (χ4v) is 9.78. The third-order valence-electron chi connectivity index (χ3n) is 8.85. The molecule has 2 aromatic carbocycles. The molecule has 0 radical (unpaired) electrons.